The smallest absolute Gasteiger partial charge is 0.493 e. The third-order valence-corrected chi connectivity index (χ3v) is 4.91. The van der Waals surface area contributed by atoms with E-state index in [4.69, 9.17) is 4.42 Å². The van der Waals surface area contributed by atoms with Crippen molar-refractivity contribution in [3.05, 3.63) is 110 Å². The number of rotatable bonds is 2. The maximum Gasteiger partial charge on any atom is 0.493 e. The number of para-hydroxylation sites is 1. The molecule has 0 bridgehead atoms. The zero-order valence-electron chi connectivity index (χ0n) is 17.3. The molecular weight excluding hydrogens is 575 g/mol. The molecule has 1 radical (unpaired) electrons. The van der Waals surface area contributed by atoms with Crippen molar-refractivity contribution in [2.24, 2.45) is 0 Å². The number of fused-ring (bicyclic) bond motifs is 3. The molecule has 0 N–H and O–H groups in total. The summed E-state index contributed by atoms with van der Waals surface area (Å²) in [4.78, 5) is 4.22. The minimum Gasteiger partial charge on any atom is -0.516 e. The zero-order chi connectivity index (χ0) is 21.0. The Balaban J connectivity index is 0.000000164. The van der Waals surface area contributed by atoms with E-state index in [9.17, 15) is 0 Å². The summed E-state index contributed by atoms with van der Waals surface area (Å²) in [5.74, 6) is 0. The minimum atomic E-state index is 0. The van der Waals surface area contributed by atoms with Gasteiger partial charge in [-0.2, -0.15) is 0 Å². The number of benzene rings is 3. The molecule has 0 saturated carbocycles. The Kier molecular flexibility index (Phi) is 6.53. The van der Waals surface area contributed by atoms with Gasteiger partial charge in [0.05, 0.1) is 0 Å². The van der Waals surface area contributed by atoms with Crippen LogP contribution in [0.4, 0.5) is 5.69 Å². The number of hydrogen-bond acceptors (Lipinski definition) is 2. The molecule has 0 unspecified atom stereocenters. The molecule has 3 heterocycles. The fourth-order valence-electron chi connectivity index (χ4n) is 3.41. The second-order valence-corrected chi connectivity index (χ2v) is 7.06. The predicted octanol–water partition coefficient (Wildman–Crippen LogP) is 5.88. The molecule has 4 nitrogen and oxygen atoms in total. The molecule has 2 aromatic heterocycles. The van der Waals surface area contributed by atoms with Crippen LogP contribution in [0.25, 0.3) is 33.2 Å². The molecule has 0 aliphatic carbocycles. The van der Waals surface area contributed by atoms with Gasteiger partial charge in [-0.3, -0.25) is 0 Å². The van der Waals surface area contributed by atoms with Crippen LogP contribution < -0.4 is 0 Å². The standard InChI is InChI=1S/C16H11N2O.C11H8N.Ir/c1-17-8-9-18(11-17)12-6-7-16-14(10-12)13-4-2-3-5-15(13)19-16;1-2-6-10(7-3-1)11-8-4-5-9-12-11;/h2-5,7-10H,1H3;1-6,8-9H;/q+1;-1;. The first-order chi connectivity index (χ1) is 15.3. The Morgan fingerprint density at radius 1 is 0.875 bits per heavy atom. The molecule has 0 atom stereocenters. The molecule has 157 valence electrons. The van der Waals surface area contributed by atoms with Gasteiger partial charge >= 0.3 is 6.01 Å². The molecule has 5 aromatic rings. The van der Waals surface area contributed by atoms with Gasteiger partial charge in [-0.25, -0.2) is 0 Å². The molecular formula is C27H19IrN3O. The predicted molar refractivity (Wildman–Crippen MR) is 121 cm³/mol. The van der Waals surface area contributed by atoms with Crippen LogP contribution in [0, 0.1) is 12.1 Å². The Hall–Kier alpha value is -3.62. The Morgan fingerprint density at radius 3 is 2.47 bits per heavy atom. The van der Waals surface area contributed by atoms with E-state index in [1.165, 1.54) is 0 Å². The van der Waals surface area contributed by atoms with Crippen molar-refractivity contribution in [1.29, 1.82) is 0 Å². The third-order valence-electron chi connectivity index (χ3n) is 4.91. The third kappa shape index (κ3) is 4.51. The summed E-state index contributed by atoms with van der Waals surface area (Å²) in [7, 11) is 1.95. The van der Waals surface area contributed by atoms with Crippen LogP contribution in [0.2, 0.25) is 0 Å². The largest absolute Gasteiger partial charge is 0.516 e. The van der Waals surface area contributed by atoms with Gasteiger partial charge in [0.15, 0.2) is 7.05 Å². The average Bonchev–Trinajstić information content (AvgIpc) is 3.44. The zero-order valence-corrected chi connectivity index (χ0v) is 19.7. The van der Waals surface area contributed by atoms with Crippen LogP contribution in [-0.4, -0.2) is 27.2 Å². The van der Waals surface area contributed by atoms with Gasteiger partial charge in [-0.1, -0.05) is 50.9 Å². The van der Waals surface area contributed by atoms with Gasteiger partial charge in [0.1, 0.15) is 11.3 Å². The van der Waals surface area contributed by atoms with Gasteiger partial charge < -0.3 is 9.40 Å². The Labute approximate surface area is 199 Å². The van der Waals surface area contributed by atoms with Gasteiger partial charge in [-0.15, -0.1) is 48.0 Å². The van der Waals surface area contributed by atoms with Crippen molar-refractivity contribution in [2.45, 2.75) is 0 Å². The van der Waals surface area contributed by atoms with Gasteiger partial charge in [0, 0.05) is 37.3 Å². The van der Waals surface area contributed by atoms with Crippen LogP contribution in [0.3, 0.4) is 0 Å². The maximum absolute atomic E-state index is 5.79. The van der Waals surface area contributed by atoms with Gasteiger partial charge in [0.2, 0.25) is 6.20 Å². The van der Waals surface area contributed by atoms with Crippen LogP contribution in [0.15, 0.2) is 102 Å². The maximum atomic E-state index is 5.79. The normalized spacial score (nSPS) is 12.0. The van der Waals surface area contributed by atoms with E-state index < -0.39 is 0 Å². The average molecular weight is 594 g/mol. The molecule has 1 aliphatic heterocycles. The molecule has 0 amide bonds. The minimum absolute atomic E-state index is 0. The summed E-state index contributed by atoms with van der Waals surface area (Å²) in [5.41, 5.74) is 4.74. The van der Waals surface area contributed by atoms with E-state index in [1.54, 1.807) is 6.20 Å². The van der Waals surface area contributed by atoms with Crippen molar-refractivity contribution in [1.82, 2.24) is 4.98 Å². The summed E-state index contributed by atoms with van der Waals surface area (Å²) >= 11 is 0. The quantitative estimate of drug-likeness (QED) is 0.189. The van der Waals surface area contributed by atoms with E-state index in [-0.39, 0.29) is 20.1 Å². The number of pyridine rings is 1. The Bertz CT molecular complexity index is 1430. The summed E-state index contributed by atoms with van der Waals surface area (Å²) in [5, 5.41) is 2.23. The van der Waals surface area contributed by atoms with Crippen molar-refractivity contribution < 1.29 is 33.7 Å². The second-order valence-electron chi connectivity index (χ2n) is 7.06. The second kappa shape index (κ2) is 9.67. The van der Waals surface area contributed by atoms with Crippen LogP contribution in [0.1, 0.15) is 0 Å². The van der Waals surface area contributed by atoms with Crippen molar-refractivity contribution in [3.63, 3.8) is 0 Å². The summed E-state index contributed by atoms with van der Waals surface area (Å²) in [6, 6.07) is 35.2. The summed E-state index contributed by atoms with van der Waals surface area (Å²) in [6.45, 7) is 0. The molecule has 0 fully saturated rings. The topological polar surface area (TPSA) is 32.0 Å². The molecule has 5 heteroatoms. The summed E-state index contributed by atoms with van der Waals surface area (Å²) in [6.07, 6.45) is 5.70. The van der Waals surface area contributed by atoms with E-state index in [0.717, 1.165) is 38.9 Å². The number of furan rings is 1. The fourth-order valence-corrected chi connectivity index (χ4v) is 3.41. The van der Waals surface area contributed by atoms with E-state index in [1.807, 2.05) is 95.3 Å². The number of hydrogen-bond donors (Lipinski definition) is 0. The Morgan fingerprint density at radius 2 is 1.72 bits per heavy atom. The molecule has 0 spiro atoms. The fraction of sp³-hybridized carbons (Fsp3) is 0.0370. The SMILES string of the molecule is C[N+]1=C=[N+](c2[c-]cc3oc4ccccc4c3c2)C=C1.[Ir].[c-]1ccccc1-c1ccccn1. The van der Waals surface area contributed by atoms with E-state index in [0.29, 0.717) is 0 Å². The van der Waals surface area contributed by atoms with Gasteiger partial charge in [-0.05, 0) is 17.8 Å². The van der Waals surface area contributed by atoms with Crippen LogP contribution >= 0.6 is 0 Å². The molecule has 6 rings (SSSR count). The molecule has 0 saturated heterocycles. The van der Waals surface area contributed by atoms with Crippen LogP contribution in [0.5, 0.6) is 0 Å². The van der Waals surface area contributed by atoms with Gasteiger partial charge in [0.25, 0.3) is 6.20 Å². The van der Waals surface area contributed by atoms with E-state index in [2.05, 4.69) is 35.3 Å². The van der Waals surface area contributed by atoms with E-state index >= 15 is 0 Å². The summed E-state index contributed by atoms with van der Waals surface area (Å²) < 4.78 is 9.59. The molecule has 32 heavy (non-hydrogen) atoms. The molecule has 1 aliphatic rings. The monoisotopic (exact) mass is 594 g/mol. The first-order valence-electron chi connectivity index (χ1n) is 9.96. The first kappa shape index (κ1) is 21.6. The molecule has 3 aromatic carbocycles. The first-order valence-corrected chi connectivity index (χ1v) is 9.96. The van der Waals surface area contributed by atoms with Crippen molar-refractivity contribution in [3.8, 4) is 11.3 Å². The van der Waals surface area contributed by atoms with Crippen LogP contribution in [-0.2, 0) is 20.1 Å². The number of aromatic nitrogens is 1. The number of nitrogens with zero attached hydrogens (tertiary/aromatic N) is 3. The van der Waals surface area contributed by atoms with Crippen molar-refractivity contribution in [2.75, 3.05) is 7.05 Å². The van der Waals surface area contributed by atoms with Crippen molar-refractivity contribution >= 4 is 33.6 Å².